The average Bonchev–Trinajstić information content (AvgIpc) is 2.43. The fourth-order valence-corrected chi connectivity index (χ4v) is 1.14. The van der Waals surface area contributed by atoms with Crippen LogP contribution < -0.4 is 4.74 Å². The van der Waals surface area contributed by atoms with Crippen molar-refractivity contribution in [3.63, 3.8) is 0 Å². The summed E-state index contributed by atoms with van der Waals surface area (Å²) in [4.78, 5) is 0. The van der Waals surface area contributed by atoms with Gasteiger partial charge in [-0.05, 0) is 19.4 Å². The van der Waals surface area contributed by atoms with Crippen molar-refractivity contribution in [3.8, 4) is 5.75 Å². The lowest BCUT2D eigenvalue weighted by Gasteiger charge is -2.07. The SMILES string of the molecule is C/C=C\c1ccccc1OCCC.CC.CC. The van der Waals surface area contributed by atoms with E-state index in [-0.39, 0.29) is 0 Å². The first-order valence-electron chi connectivity index (χ1n) is 6.73. The van der Waals surface area contributed by atoms with Crippen LogP contribution in [0.3, 0.4) is 0 Å². The van der Waals surface area contributed by atoms with Gasteiger partial charge < -0.3 is 4.74 Å². The van der Waals surface area contributed by atoms with Crippen LogP contribution in [-0.4, -0.2) is 6.61 Å². The van der Waals surface area contributed by atoms with Crippen LogP contribution in [0, 0.1) is 0 Å². The van der Waals surface area contributed by atoms with Crippen LogP contribution in [0.5, 0.6) is 5.75 Å². The Morgan fingerprint density at radius 1 is 1.06 bits per heavy atom. The molecule has 0 aliphatic carbocycles. The van der Waals surface area contributed by atoms with Gasteiger partial charge in [0.1, 0.15) is 5.75 Å². The Bertz CT molecular complexity index is 277. The zero-order chi connectivity index (χ0) is 13.5. The van der Waals surface area contributed by atoms with Gasteiger partial charge in [-0.3, -0.25) is 0 Å². The van der Waals surface area contributed by atoms with E-state index in [1.165, 1.54) is 0 Å². The largest absolute Gasteiger partial charge is 0.493 e. The van der Waals surface area contributed by atoms with Crippen LogP contribution in [0.1, 0.15) is 53.5 Å². The molecule has 1 heteroatoms. The monoisotopic (exact) mass is 236 g/mol. The fraction of sp³-hybridized carbons (Fsp3) is 0.500. The van der Waals surface area contributed by atoms with E-state index in [0.717, 1.165) is 24.3 Å². The van der Waals surface area contributed by atoms with Gasteiger partial charge in [0.15, 0.2) is 0 Å². The lowest BCUT2D eigenvalue weighted by molar-refractivity contribution is 0.317. The van der Waals surface area contributed by atoms with Crippen molar-refractivity contribution >= 4 is 6.08 Å². The number of hydrogen-bond donors (Lipinski definition) is 0. The van der Waals surface area contributed by atoms with Crippen molar-refractivity contribution < 1.29 is 4.74 Å². The molecule has 0 spiro atoms. The van der Waals surface area contributed by atoms with Gasteiger partial charge in [-0.1, -0.05) is 65.0 Å². The van der Waals surface area contributed by atoms with E-state index in [1.54, 1.807) is 0 Å². The smallest absolute Gasteiger partial charge is 0.126 e. The Hall–Kier alpha value is -1.24. The molecule has 0 saturated heterocycles. The lowest BCUT2D eigenvalue weighted by Crippen LogP contribution is -1.96. The molecule has 0 aliphatic rings. The van der Waals surface area contributed by atoms with Gasteiger partial charge >= 0.3 is 0 Å². The molecule has 0 saturated carbocycles. The third-order valence-corrected chi connectivity index (χ3v) is 1.73. The molecule has 1 aromatic rings. The Morgan fingerprint density at radius 2 is 1.65 bits per heavy atom. The first kappa shape index (κ1) is 18.1. The van der Waals surface area contributed by atoms with Crippen LogP contribution in [-0.2, 0) is 0 Å². The molecule has 1 nitrogen and oxygen atoms in total. The van der Waals surface area contributed by atoms with Crippen molar-refractivity contribution in [2.24, 2.45) is 0 Å². The summed E-state index contributed by atoms with van der Waals surface area (Å²) < 4.78 is 5.59. The molecule has 1 rings (SSSR count). The van der Waals surface area contributed by atoms with Crippen LogP contribution in [0.4, 0.5) is 0 Å². The highest BCUT2D eigenvalue weighted by Gasteiger charge is 1.97. The molecular weight excluding hydrogens is 208 g/mol. The van der Waals surface area contributed by atoms with Crippen molar-refractivity contribution in [2.75, 3.05) is 6.61 Å². The third-order valence-electron chi connectivity index (χ3n) is 1.73. The number of para-hydroxylation sites is 1. The van der Waals surface area contributed by atoms with E-state index in [4.69, 9.17) is 4.74 Å². The third kappa shape index (κ3) is 8.56. The van der Waals surface area contributed by atoms with E-state index in [0.29, 0.717) is 0 Å². The minimum Gasteiger partial charge on any atom is -0.493 e. The lowest BCUT2D eigenvalue weighted by atomic mass is 10.2. The molecule has 0 aromatic heterocycles. The predicted molar refractivity (Wildman–Crippen MR) is 79.6 cm³/mol. The number of allylic oxidation sites excluding steroid dienone is 1. The van der Waals surface area contributed by atoms with Crippen molar-refractivity contribution in [1.29, 1.82) is 0 Å². The van der Waals surface area contributed by atoms with Crippen LogP contribution >= 0.6 is 0 Å². The summed E-state index contributed by atoms with van der Waals surface area (Å²) in [7, 11) is 0. The molecule has 0 atom stereocenters. The van der Waals surface area contributed by atoms with Crippen molar-refractivity contribution in [1.82, 2.24) is 0 Å². The van der Waals surface area contributed by atoms with E-state index >= 15 is 0 Å². The second-order valence-electron chi connectivity index (χ2n) is 2.89. The topological polar surface area (TPSA) is 9.23 Å². The molecule has 0 unspecified atom stereocenters. The second kappa shape index (κ2) is 14.8. The second-order valence-corrected chi connectivity index (χ2v) is 2.89. The maximum Gasteiger partial charge on any atom is 0.126 e. The first-order chi connectivity index (χ1) is 8.38. The number of hydrogen-bond acceptors (Lipinski definition) is 1. The van der Waals surface area contributed by atoms with Gasteiger partial charge in [0.05, 0.1) is 6.61 Å². The Kier molecular flexibility index (Phi) is 15.7. The molecule has 98 valence electrons. The molecule has 0 heterocycles. The predicted octanol–water partition coefficient (Wildman–Crippen LogP) is 5.56. The first-order valence-corrected chi connectivity index (χ1v) is 6.73. The summed E-state index contributed by atoms with van der Waals surface area (Å²) >= 11 is 0. The molecule has 1 aromatic carbocycles. The van der Waals surface area contributed by atoms with Crippen LogP contribution in [0.2, 0.25) is 0 Å². The van der Waals surface area contributed by atoms with E-state index < -0.39 is 0 Å². The van der Waals surface area contributed by atoms with Gasteiger partial charge in [0.25, 0.3) is 0 Å². The van der Waals surface area contributed by atoms with Gasteiger partial charge in [-0.15, -0.1) is 0 Å². The van der Waals surface area contributed by atoms with E-state index in [1.807, 2.05) is 58.9 Å². The van der Waals surface area contributed by atoms with Gasteiger partial charge in [0, 0.05) is 5.56 Å². The number of ether oxygens (including phenoxy) is 1. The summed E-state index contributed by atoms with van der Waals surface area (Å²) in [6.07, 6.45) is 5.13. The quantitative estimate of drug-likeness (QED) is 0.665. The molecule has 0 N–H and O–H groups in total. The molecule has 0 amide bonds. The molecule has 0 radical (unpaired) electrons. The minimum atomic E-state index is 0.786. The Morgan fingerprint density at radius 3 is 2.18 bits per heavy atom. The van der Waals surface area contributed by atoms with E-state index in [2.05, 4.69) is 19.1 Å². The molecule has 0 fully saturated rings. The maximum absolute atomic E-state index is 5.59. The van der Waals surface area contributed by atoms with Crippen LogP contribution in [0.25, 0.3) is 6.08 Å². The van der Waals surface area contributed by atoms with Crippen LogP contribution in [0.15, 0.2) is 30.3 Å². The molecule has 0 bridgehead atoms. The van der Waals surface area contributed by atoms with Crippen molar-refractivity contribution in [2.45, 2.75) is 48.0 Å². The van der Waals surface area contributed by atoms with Crippen molar-refractivity contribution in [3.05, 3.63) is 35.9 Å². The molecule has 0 aliphatic heterocycles. The Balaban J connectivity index is 0. The van der Waals surface area contributed by atoms with Gasteiger partial charge in [-0.25, -0.2) is 0 Å². The number of rotatable bonds is 4. The number of benzene rings is 1. The Labute approximate surface area is 108 Å². The van der Waals surface area contributed by atoms with Gasteiger partial charge in [-0.2, -0.15) is 0 Å². The maximum atomic E-state index is 5.59. The normalized spacial score (nSPS) is 8.82. The minimum absolute atomic E-state index is 0.786. The van der Waals surface area contributed by atoms with Gasteiger partial charge in [0.2, 0.25) is 0 Å². The summed E-state index contributed by atoms with van der Waals surface area (Å²) in [5, 5.41) is 0. The zero-order valence-corrected chi connectivity index (χ0v) is 12.3. The fourth-order valence-electron chi connectivity index (χ4n) is 1.14. The summed E-state index contributed by atoms with van der Waals surface area (Å²) in [5.41, 5.74) is 1.15. The summed E-state index contributed by atoms with van der Waals surface area (Å²) in [5.74, 6) is 0.974. The zero-order valence-electron chi connectivity index (χ0n) is 12.3. The summed E-state index contributed by atoms with van der Waals surface area (Å²) in [6.45, 7) is 12.9. The highest BCUT2D eigenvalue weighted by atomic mass is 16.5. The highest BCUT2D eigenvalue weighted by Crippen LogP contribution is 2.19. The average molecular weight is 236 g/mol. The standard InChI is InChI=1S/C12H16O.2C2H6/c1-3-7-11-8-5-6-9-12(11)13-10-4-2;2*1-2/h3,5-9H,4,10H2,1-2H3;2*1-2H3/b7-3-;;. The highest BCUT2D eigenvalue weighted by molar-refractivity contribution is 5.56. The molecule has 17 heavy (non-hydrogen) atoms. The molecular formula is C16H28O. The summed E-state index contributed by atoms with van der Waals surface area (Å²) in [6, 6.07) is 8.09. The van der Waals surface area contributed by atoms with E-state index in [9.17, 15) is 0 Å².